The number of hydrogen-bond acceptors (Lipinski definition) is 0. The minimum absolute atomic E-state index is 0.174. The van der Waals surface area contributed by atoms with E-state index in [1.54, 1.807) is 17.7 Å². The quantitative estimate of drug-likeness (QED) is 0.289. The maximum atomic E-state index is 2.48. The topological polar surface area (TPSA) is 0 Å². The molecule has 30 heavy (non-hydrogen) atoms. The second kappa shape index (κ2) is 7.66. The first-order valence-corrected chi connectivity index (χ1v) is 17.0. The summed E-state index contributed by atoms with van der Waals surface area (Å²) in [4.78, 5) is 0. The Morgan fingerprint density at radius 2 is 1.47 bits per heavy atom. The Morgan fingerprint density at radius 1 is 0.833 bits per heavy atom. The molecule has 1 heteroatoms. The van der Waals surface area contributed by atoms with Crippen LogP contribution < -0.4 is 3.32 Å². The molecule has 2 aliphatic carbocycles. The molecule has 0 spiro atoms. The van der Waals surface area contributed by atoms with E-state index < -0.39 is 21.0 Å². The molecule has 0 atom stereocenters. The molecular formula is C29H36Hf. The number of rotatable bonds is 2. The normalized spacial score (nSPS) is 15.5. The van der Waals surface area contributed by atoms with Gasteiger partial charge < -0.3 is 0 Å². The van der Waals surface area contributed by atoms with Crippen molar-refractivity contribution < 1.29 is 21.0 Å². The van der Waals surface area contributed by atoms with E-state index in [1.165, 1.54) is 22.3 Å². The Morgan fingerprint density at radius 3 is 2.03 bits per heavy atom. The fraction of sp³-hybridized carbons (Fsp3) is 0.414. The second-order valence-electron chi connectivity index (χ2n) is 11.3. The van der Waals surface area contributed by atoms with Gasteiger partial charge in [0.2, 0.25) is 0 Å². The van der Waals surface area contributed by atoms with E-state index in [9.17, 15) is 0 Å². The molecule has 0 radical (unpaired) electrons. The van der Waals surface area contributed by atoms with Crippen molar-refractivity contribution in [3.05, 3.63) is 76.9 Å². The summed E-state index contributed by atoms with van der Waals surface area (Å²) in [6, 6.07) is 12.1. The van der Waals surface area contributed by atoms with E-state index in [0.717, 1.165) is 6.42 Å². The van der Waals surface area contributed by atoms with E-state index >= 15 is 0 Å². The monoisotopic (exact) mass is 564 g/mol. The van der Waals surface area contributed by atoms with E-state index in [0.29, 0.717) is 3.67 Å². The van der Waals surface area contributed by atoms with Crippen LogP contribution in [0.3, 0.4) is 0 Å². The van der Waals surface area contributed by atoms with Gasteiger partial charge in [0.15, 0.2) is 0 Å². The molecule has 0 N–H and O–H groups in total. The molecule has 0 aliphatic heterocycles. The van der Waals surface area contributed by atoms with Crippen LogP contribution in [0, 0.1) is 0 Å². The SMILES string of the molecule is C[C](C)=[Hf]([c]1c(C(C)(C)C)ccc2c1Cc1cc(C(C)(C)C)ccc1-2)[CH]1C=CC=C1. The average molecular weight is 563 g/mol. The van der Waals surface area contributed by atoms with Gasteiger partial charge in [-0.05, 0) is 0 Å². The van der Waals surface area contributed by atoms with Gasteiger partial charge in [0.05, 0.1) is 0 Å². The fourth-order valence-electron chi connectivity index (χ4n) is 5.05. The number of benzene rings is 2. The van der Waals surface area contributed by atoms with Gasteiger partial charge in [0.25, 0.3) is 0 Å². The Bertz CT molecular complexity index is 1080. The molecule has 4 rings (SSSR count). The molecule has 2 aliphatic rings. The molecule has 0 saturated heterocycles. The fourth-order valence-corrected chi connectivity index (χ4v) is 17.3. The van der Waals surface area contributed by atoms with Gasteiger partial charge in [-0.1, -0.05) is 0 Å². The van der Waals surface area contributed by atoms with Crippen molar-refractivity contribution in [2.45, 2.75) is 76.3 Å². The standard InChI is InChI=1S/C21H25.C5H5.C3H6.Hf/c1-20(2,3)16-7-9-18-14(12-16)11-15-13-17(21(4,5)6)8-10-19(15)18;1-2-4-5-3-1;1-3-2;/h7-10,12H,11H2,1-6H3;1-5H;1-2H3;. The summed E-state index contributed by atoms with van der Waals surface area (Å²) in [5.41, 5.74) is 9.57. The van der Waals surface area contributed by atoms with Gasteiger partial charge in [-0.25, -0.2) is 0 Å². The van der Waals surface area contributed by atoms with Gasteiger partial charge in [-0.15, -0.1) is 0 Å². The van der Waals surface area contributed by atoms with Gasteiger partial charge in [-0.2, -0.15) is 0 Å². The van der Waals surface area contributed by atoms with E-state index in [4.69, 9.17) is 0 Å². The van der Waals surface area contributed by atoms with Crippen LogP contribution in [0.2, 0.25) is 3.67 Å². The molecule has 0 fully saturated rings. The summed E-state index contributed by atoms with van der Waals surface area (Å²) in [7, 11) is 0. The van der Waals surface area contributed by atoms with Crippen molar-refractivity contribution in [1.29, 1.82) is 0 Å². The van der Waals surface area contributed by atoms with E-state index in [-0.39, 0.29) is 10.8 Å². The van der Waals surface area contributed by atoms with Crippen LogP contribution in [-0.2, 0) is 38.2 Å². The second-order valence-corrected chi connectivity index (χ2v) is 22.0. The average Bonchev–Trinajstić information content (AvgIpc) is 3.27. The predicted molar refractivity (Wildman–Crippen MR) is 130 cm³/mol. The van der Waals surface area contributed by atoms with Gasteiger partial charge in [0, 0.05) is 0 Å². The molecule has 0 nitrogen and oxygen atoms in total. The van der Waals surface area contributed by atoms with Crippen molar-refractivity contribution in [2.75, 3.05) is 0 Å². The summed E-state index contributed by atoms with van der Waals surface area (Å²) >= 11 is -2.28. The molecule has 0 amide bonds. The summed E-state index contributed by atoms with van der Waals surface area (Å²) in [6.45, 7) is 19.0. The zero-order valence-corrected chi connectivity index (χ0v) is 23.6. The Balaban J connectivity index is 1.97. The molecule has 2 aromatic carbocycles. The van der Waals surface area contributed by atoms with Crippen LogP contribution in [-0.4, -0.2) is 3.26 Å². The van der Waals surface area contributed by atoms with Crippen LogP contribution in [0.4, 0.5) is 0 Å². The number of hydrogen-bond donors (Lipinski definition) is 0. The van der Waals surface area contributed by atoms with Crippen LogP contribution >= 0.6 is 0 Å². The Labute approximate surface area is 191 Å². The van der Waals surface area contributed by atoms with E-state index in [2.05, 4.69) is 110 Å². The molecule has 0 aromatic heterocycles. The molecule has 0 heterocycles. The third-order valence-electron chi connectivity index (χ3n) is 6.64. The minimum atomic E-state index is -2.28. The third kappa shape index (κ3) is 3.83. The van der Waals surface area contributed by atoms with Crippen LogP contribution in [0.25, 0.3) is 11.1 Å². The summed E-state index contributed by atoms with van der Waals surface area (Å²) in [5, 5.41) is 0. The molecule has 0 bridgehead atoms. The molecule has 0 unspecified atom stereocenters. The first-order valence-electron chi connectivity index (χ1n) is 11.3. The molecule has 0 saturated carbocycles. The Kier molecular flexibility index (Phi) is 5.59. The van der Waals surface area contributed by atoms with Crippen molar-refractivity contribution >= 4 is 6.58 Å². The van der Waals surface area contributed by atoms with E-state index in [1.807, 2.05) is 0 Å². The van der Waals surface area contributed by atoms with Crippen LogP contribution in [0.1, 0.15) is 77.6 Å². The summed E-state index contributed by atoms with van der Waals surface area (Å²) in [6.07, 6.45) is 10.6. The van der Waals surface area contributed by atoms with Gasteiger partial charge in [-0.3, -0.25) is 0 Å². The van der Waals surface area contributed by atoms with Crippen LogP contribution in [0.15, 0.2) is 54.6 Å². The molecule has 156 valence electrons. The Hall–Kier alpha value is -1.34. The van der Waals surface area contributed by atoms with Crippen molar-refractivity contribution in [3.8, 4) is 11.1 Å². The maximum absolute atomic E-state index is 2.48. The first-order chi connectivity index (χ1) is 14.0. The van der Waals surface area contributed by atoms with Crippen molar-refractivity contribution in [1.82, 2.24) is 0 Å². The zero-order valence-electron chi connectivity index (χ0n) is 20.0. The van der Waals surface area contributed by atoms with Crippen molar-refractivity contribution in [3.63, 3.8) is 0 Å². The summed E-state index contributed by atoms with van der Waals surface area (Å²) < 4.78 is 4.17. The third-order valence-corrected chi connectivity index (χ3v) is 18.3. The zero-order chi connectivity index (χ0) is 21.8. The number of allylic oxidation sites excluding steroid dienone is 4. The first kappa shape index (κ1) is 21.9. The van der Waals surface area contributed by atoms with Gasteiger partial charge in [0.1, 0.15) is 0 Å². The predicted octanol–water partition coefficient (Wildman–Crippen LogP) is 7.22. The summed E-state index contributed by atoms with van der Waals surface area (Å²) in [5.74, 6) is 0. The van der Waals surface area contributed by atoms with Crippen molar-refractivity contribution in [2.24, 2.45) is 0 Å². The van der Waals surface area contributed by atoms with Gasteiger partial charge >= 0.3 is 192 Å². The molecular weight excluding hydrogens is 527 g/mol. The molecule has 2 aromatic rings. The van der Waals surface area contributed by atoms with Crippen LogP contribution in [0.5, 0.6) is 0 Å². The number of fused-ring (bicyclic) bond motifs is 3.